The lowest BCUT2D eigenvalue weighted by Gasteiger charge is -2.25. The van der Waals surface area contributed by atoms with Crippen LogP contribution in [0.15, 0.2) is 24.3 Å². The smallest absolute Gasteiger partial charge is 0.326 e. The van der Waals surface area contributed by atoms with E-state index < -0.39 is 17.9 Å². The number of carboxylic acid groups (broad SMARTS) is 1. The Morgan fingerprint density at radius 1 is 1.32 bits per heavy atom. The van der Waals surface area contributed by atoms with Gasteiger partial charge in [0, 0.05) is 12.0 Å². The SMILES string of the molecule is CC(C)C[C@H](NC(=O)C1CCC(=O)c2ccccc21)C(=O)O. The summed E-state index contributed by atoms with van der Waals surface area (Å²) in [6.45, 7) is 3.83. The molecule has 0 saturated heterocycles. The van der Waals surface area contributed by atoms with Gasteiger partial charge in [0.15, 0.2) is 5.78 Å². The van der Waals surface area contributed by atoms with Crippen LogP contribution in [0.2, 0.25) is 0 Å². The molecular formula is C17H21NO4. The number of fused-ring (bicyclic) bond motifs is 1. The minimum atomic E-state index is -1.03. The number of ketones is 1. The van der Waals surface area contributed by atoms with Crippen molar-refractivity contribution in [2.75, 3.05) is 0 Å². The van der Waals surface area contributed by atoms with Crippen molar-refractivity contribution in [1.29, 1.82) is 0 Å². The van der Waals surface area contributed by atoms with E-state index >= 15 is 0 Å². The number of hydrogen-bond donors (Lipinski definition) is 2. The van der Waals surface area contributed by atoms with Crippen molar-refractivity contribution in [3.63, 3.8) is 0 Å². The van der Waals surface area contributed by atoms with Gasteiger partial charge < -0.3 is 10.4 Å². The normalized spacial score (nSPS) is 18.7. The maximum Gasteiger partial charge on any atom is 0.326 e. The highest BCUT2D eigenvalue weighted by molar-refractivity contribution is 6.02. The molecule has 0 radical (unpaired) electrons. The molecule has 1 aromatic rings. The summed E-state index contributed by atoms with van der Waals surface area (Å²) in [6, 6.07) is 6.17. The molecule has 1 aromatic carbocycles. The molecule has 5 nitrogen and oxygen atoms in total. The lowest BCUT2D eigenvalue weighted by molar-refractivity contribution is -0.142. The summed E-state index contributed by atoms with van der Waals surface area (Å²) in [4.78, 5) is 35.7. The number of benzene rings is 1. The fourth-order valence-electron chi connectivity index (χ4n) is 2.86. The summed E-state index contributed by atoms with van der Waals surface area (Å²) in [5, 5.41) is 11.9. The lowest BCUT2D eigenvalue weighted by Crippen LogP contribution is -2.44. The molecule has 2 N–H and O–H groups in total. The highest BCUT2D eigenvalue weighted by Gasteiger charge is 2.32. The molecular weight excluding hydrogens is 282 g/mol. The molecule has 5 heteroatoms. The molecule has 0 spiro atoms. The zero-order chi connectivity index (χ0) is 16.3. The van der Waals surface area contributed by atoms with Gasteiger partial charge in [-0.2, -0.15) is 0 Å². The molecule has 0 bridgehead atoms. The van der Waals surface area contributed by atoms with Crippen LogP contribution >= 0.6 is 0 Å². The summed E-state index contributed by atoms with van der Waals surface area (Å²) in [7, 11) is 0. The number of carboxylic acids is 1. The molecule has 0 aliphatic heterocycles. The number of nitrogens with one attached hydrogen (secondary N) is 1. The molecule has 1 unspecified atom stereocenters. The van der Waals surface area contributed by atoms with E-state index in [9.17, 15) is 19.5 Å². The Hall–Kier alpha value is -2.17. The fraction of sp³-hybridized carbons (Fsp3) is 0.471. The number of aliphatic carboxylic acids is 1. The first-order valence-electron chi connectivity index (χ1n) is 7.55. The maximum atomic E-state index is 12.5. The van der Waals surface area contributed by atoms with Crippen LogP contribution in [0, 0.1) is 5.92 Å². The minimum absolute atomic E-state index is 0.0385. The van der Waals surface area contributed by atoms with Gasteiger partial charge >= 0.3 is 5.97 Å². The Balaban J connectivity index is 2.18. The second-order valence-electron chi connectivity index (χ2n) is 6.13. The van der Waals surface area contributed by atoms with Crippen molar-refractivity contribution in [3.8, 4) is 0 Å². The van der Waals surface area contributed by atoms with E-state index in [1.165, 1.54) is 0 Å². The number of amides is 1. The van der Waals surface area contributed by atoms with Gasteiger partial charge in [0.1, 0.15) is 6.04 Å². The predicted octanol–water partition coefficient (Wildman–Crippen LogP) is 2.36. The standard InChI is InChI=1S/C17H21NO4/c1-10(2)9-14(17(21)22)18-16(20)13-7-8-15(19)12-6-4-3-5-11(12)13/h3-6,10,13-14H,7-9H2,1-2H3,(H,18,20)(H,21,22)/t13?,14-/m0/s1. The van der Waals surface area contributed by atoms with Gasteiger partial charge in [-0.05, 0) is 24.3 Å². The molecule has 22 heavy (non-hydrogen) atoms. The van der Waals surface area contributed by atoms with Gasteiger partial charge in [0.2, 0.25) is 5.91 Å². The van der Waals surface area contributed by atoms with Gasteiger partial charge in [-0.3, -0.25) is 9.59 Å². The molecule has 1 amide bonds. The van der Waals surface area contributed by atoms with E-state index in [1.54, 1.807) is 24.3 Å². The third-order valence-corrected chi connectivity index (χ3v) is 3.93. The van der Waals surface area contributed by atoms with E-state index in [4.69, 9.17) is 0 Å². The third kappa shape index (κ3) is 3.53. The summed E-state index contributed by atoms with van der Waals surface area (Å²) in [5.41, 5.74) is 1.27. The monoisotopic (exact) mass is 303 g/mol. The quantitative estimate of drug-likeness (QED) is 0.874. The molecule has 118 valence electrons. The third-order valence-electron chi connectivity index (χ3n) is 3.93. The second kappa shape index (κ2) is 6.73. The molecule has 2 atom stereocenters. The van der Waals surface area contributed by atoms with Crippen LogP contribution in [0.4, 0.5) is 0 Å². The Kier molecular flexibility index (Phi) is 4.96. The van der Waals surface area contributed by atoms with E-state index in [0.29, 0.717) is 30.4 Å². The van der Waals surface area contributed by atoms with Crippen LogP contribution in [0.5, 0.6) is 0 Å². The second-order valence-corrected chi connectivity index (χ2v) is 6.13. The zero-order valence-corrected chi connectivity index (χ0v) is 12.8. The summed E-state index contributed by atoms with van der Waals surface area (Å²) in [5.74, 6) is -1.59. The van der Waals surface area contributed by atoms with Gasteiger partial charge in [0.25, 0.3) is 0 Å². The van der Waals surface area contributed by atoms with Crippen molar-refractivity contribution in [2.24, 2.45) is 5.92 Å². The van der Waals surface area contributed by atoms with Crippen molar-refractivity contribution in [1.82, 2.24) is 5.32 Å². The van der Waals surface area contributed by atoms with Crippen LogP contribution in [0.25, 0.3) is 0 Å². The van der Waals surface area contributed by atoms with Crippen molar-refractivity contribution >= 4 is 17.7 Å². The van der Waals surface area contributed by atoms with Crippen LogP contribution in [0.3, 0.4) is 0 Å². The Morgan fingerprint density at radius 2 is 2.00 bits per heavy atom. The number of Topliss-reactive ketones (excluding diaryl/α,β-unsaturated/α-hetero) is 1. The highest BCUT2D eigenvalue weighted by Crippen LogP contribution is 2.31. The van der Waals surface area contributed by atoms with E-state index in [2.05, 4.69) is 5.32 Å². The first-order chi connectivity index (χ1) is 10.4. The number of carbonyl (C=O) groups excluding carboxylic acids is 2. The zero-order valence-electron chi connectivity index (χ0n) is 12.8. The van der Waals surface area contributed by atoms with Crippen molar-refractivity contribution < 1.29 is 19.5 Å². The maximum absolute atomic E-state index is 12.5. The molecule has 0 aromatic heterocycles. The van der Waals surface area contributed by atoms with Gasteiger partial charge in [-0.1, -0.05) is 38.1 Å². The van der Waals surface area contributed by atoms with Crippen LogP contribution in [0.1, 0.15) is 54.9 Å². The molecule has 1 aliphatic rings. The highest BCUT2D eigenvalue weighted by atomic mass is 16.4. The minimum Gasteiger partial charge on any atom is -0.480 e. The van der Waals surface area contributed by atoms with Gasteiger partial charge in [-0.25, -0.2) is 4.79 Å². The van der Waals surface area contributed by atoms with E-state index in [0.717, 1.165) is 0 Å². The van der Waals surface area contributed by atoms with Crippen molar-refractivity contribution in [2.45, 2.75) is 45.1 Å². The van der Waals surface area contributed by atoms with E-state index in [-0.39, 0.29) is 17.6 Å². The van der Waals surface area contributed by atoms with Gasteiger partial charge in [0.05, 0.1) is 5.92 Å². The lowest BCUT2D eigenvalue weighted by atomic mass is 9.81. The Labute approximate surface area is 129 Å². The van der Waals surface area contributed by atoms with Crippen molar-refractivity contribution in [3.05, 3.63) is 35.4 Å². The van der Waals surface area contributed by atoms with Gasteiger partial charge in [-0.15, -0.1) is 0 Å². The fourth-order valence-corrected chi connectivity index (χ4v) is 2.86. The van der Waals surface area contributed by atoms with E-state index in [1.807, 2.05) is 13.8 Å². The summed E-state index contributed by atoms with van der Waals surface area (Å²) >= 11 is 0. The van der Waals surface area contributed by atoms with Crippen LogP contribution in [-0.2, 0) is 9.59 Å². The number of carbonyl (C=O) groups is 3. The van der Waals surface area contributed by atoms with Crippen LogP contribution in [-0.4, -0.2) is 28.8 Å². The molecule has 0 saturated carbocycles. The average molecular weight is 303 g/mol. The number of rotatable bonds is 5. The number of hydrogen-bond acceptors (Lipinski definition) is 3. The predicted molar refractivity (Wildman–Crippen MR) is 81.8 cm³/mol. The summed E-state index contributed by atoms with van der Waals surface area (Å²) in [6.07, 6.45) is 1.13. The Morgan fingerprint density at radius 3 is 2.64 bits per heavy atom. The topological polar surface area (TPSA) is 83.5 Å². The molecule has 0 fully saturated rings. The summed E-state index contributed by atoms with van der Waals surface area (Å²) < 4.78 is 0. The van der Waals surface area contributed by atoms with Crippen LogP contribution < -0.4 is 5.32 Å². The largest absolute Gasteiger partial charge is 0.480 e. The molecule has 1 aliphatic carbocycles. The first kappa shape index (κ1) is 16.2. The average Bonchev–Trinajstić information content (AvgIpc) is 2.46. The Bertz CT molecular complexity index is 594. The first-order valence-corrected chi connectivity index (χ1v) is 7.55. The molecule has 2 rings (SSSR count). The molecule has 0 heterocycles.